The zero-order chi connectivity index (χ0) is 13.7. The minimum absolute atomic E-state index is 0.234. The third kappa shape index (κ3) is 4.21. The molecule has 0 aromatic heterocycles. The number of hydrogen-bond donors (Lipinski definition) is 1. The van der Waals surface area contributed by atoms with Crippen LogP contribution < -0.4 is 5.32 Å². The second kappa shape index (κ2) is 6.38. The van der Waals surface area contributed by atoms with Crippen LogP contribution >= 0.6 is 0 Å². The average Bonchev–Trinajstić information content (AvgIpc) is 2.40. The summed E-state index contributed by atoms with van der Waals surface area (Å²) in [6.07, 6.45) is 9.50. The lowest BCUT2D eigenvalue weighted by molar-refractivity contribution is 0.344. The van der Waals surface area contributed by atoms with Crippen molar-refractivity contribution in [3.63, 3.8) is 0 Å². The predicted molar refractivity (Wildman–Crippen MR) is 83.5 cm³/mol. The maximum absolute atomic E-state index is 3.79. The lowest BCUT2D eigenvalue weighted by Gasteiger charge is -2.32. The van der Waals surface area contributed by atoms with Crippen LogP contribution in [0.5, 0.6) is 0 Å². The van der Waals surface area contributed by atoms with Crippen molar-refractivity contribution in [1.82, 2.24) is 5.32 Å². The largest absolute Gasteiger partial charge is 0.311 e. The second-order valence-electron chi connectivity index (χ2n) is 6.50. The van der Waals surface area contributed by atoms with E-state index in [1.165, 1.54) is 31.2 Å². The van der Waals surface area contributed by atoms with Crippen molar-refractivity contribution in [2.24, 2.45) is 0 Å². The van der Waals surface area contributed by atoms with E-state index in [4.69, 9.17) is 0 Å². The van der Waals surface area contributed by atoms with Crippen molar-refractivity contribution in [1.29, 1.82) is 0 Å². The van der Waals surface area contributed by atoms with Crippen LogP contribution in [0.3, 0.4) is 0 Å². The SMILES string of the molecule is CC(CC(C)(C)c1ccccc1)NC1CC=CCC1. The summed E-state index contributed by atoms with van der Waals surface area (Å²) >= 11 is 0. The van der Waals surface area contributed by atoms with Gasteiger partial charge in [0.15, 0.2) is 0 Å². The van der Waals surface area contributed by atoms with Crippen molar-refractivity contribution in [3.8, 4) is 0 Å². The van der Waals surface area contributed by atoms with Gasteiger partial charge < -0.3 is 5.32 Å². The van der Waals surface area contributed by atoms with E-state index in [1.54, 1.807) is 0 Å². The molecule has 2 unspecified atom stereocenters. The normalized spacial score (nSPS) is 21.3. The predicted octanol–water partition coefficient (Wildman–Crippen LogP) is 4.44. The lowest BCUT2D eigenvalue weighted by Crippen LogP contribution is -2.40. The highest BCUT2D eigenvalue weighted by atomic mass is 14.9. The summed E-state index contributed by atoms with van der Waals surface area (Å²) in [4.78, 5) is 0. The Morgan fingerprint density at radius 2 is 1.95 bits per heavy atom. The fourth-order valence-corrected chi connectivity index (χ4v) is 3.18. The summed E-state index contributed by atoms with van der Waals surface area (Å²) < 4.78 is 0. The molecule has 1 aromatic rings. The Hall–Kier alpha value is -1.08. The molecule has 0 saturated carbocycles. The molecule has 0 aliphatic heterocycles. The maximum Gasteiger partial charge on any atom is 0.0107 e. The van der Waals surface area contributed by atoms with Gasteiger partial charge in [-0.3, -0.25) is 0 Å². The van der Waals surface area contributed by atoms with Crippen molar-refractivity contribution in [2.75, 3.05) is 0 Å². The first kappa shape index (κ1) is 14.3. The average molecular weight is 257 g/mol. The zero-order valence-electron chi connectivity index (χ0n) is 12.5. The van der Waals surface area contributed by atoms with Crippen LogP contribution in [0.1, 0.15) is 52.0 Å². The molecule has 1 heteroatoms. The Bertz CT molecular complexity index is 405. The highest BCUT2D eigenvalue weighted by Gasteiger charge is 2.24. The van der Waals surface area contributed by atoms with Crippen molar-refractivity contribution in [3.05, 3.63) is 48.0 Å². The van der Waals surface area contributed by atoms with E-state index < -0.39 is 0 Å². The van der Waals surface area contributed by atoms with E-state index in [0.29, 0.717) is 12.1 Å². The van der Waals surface area contributed by atoms with Gasteiger partial charge in [0, 0.05) is 12.1 Å². The molecular weight excluding hydrogens is 230 g/mol. The van der Waals surface area contributed by atoms with Gasteiger partial charge in [0.2, 0.25) is 0 Å². The summed E-state index contributed by atoms with van der Waals surface area (Å²) in [6, 6.07) is 12.1. The molecule has 1 aromatic carbocycles. The highest BCUT2D eigenvalue weighted by molar-refractivity contribution is 5.23. The van der Waals surface area contributed by atoms with Gasteiger partial charge in [-0.1, -0.05) is 56.3 Å². The molecule has 2 atom stereocenters. The van der Waals surface area contributed by atoms with Gasteiger partial charge in [0.05, 0.1) is 0 Å². The molecule has 0 fully saturated rings. The van der Waals surface area contributed by atoms with Crippen LogP contribution in [0.4, 0.5) is 0 Å². The first-order chi connectivity index (χ1) is 9.08. The Morgan fingerprint density at radius 1 is 1.21 bits per heavy atom. The number of rotatable bonds is 5. The first-order valence-electron chi connectivity index (χ1n) is 7.54. The Labute approximate surface area is 118 Å². The molecule has 0 spiro atoms. The van der Waals surface area contributed by atoms with E-state index in [-0.39, 0.29) is 5.41 Å². The van der Waals surface area contributed by atoms with Gasteiger partial charge in [-0.25, -0.2) is 0 Å². The third-order valence-corrected chi connectivity index (χ3v) is 4.16. The standard InChI is InChI=1S/C18H27N/c1-15(19-17-12-8-5-9-13-17)14-18(2,3)16-10-6-4-7-11-16/h4-8,10-11,15,17,19H,9,12-14H2,1-3H3. The van der Waals surface area contributed by atoms with Crippen molar-refractivity contribution < 1.29 is 0 Å². The molecule has 1 aliphatic rings. The molecular formula is C18H27N. The van der Waals surface area contributed by atoms with Crippen LogP contribution in [-0.2, 0) is 5.41 Å². The molecule has 19 heavy (non-hydrogen) atoms. The van der Waals surface area contributed by atoms with Crippen LogP contribution in [0.2, 0.25) is 0 Å². The molecule has 0 heterocycles. The third-order valence-electron chi connectivity index (χ3n) is 4.16. The molecule has 0 bridgehead atoms. The molecule has 0 radical (unpaired) electrons. The maximum atomic E-state index is 3.79. The van der Waals surface area contributed by atoms with Gasteiger partial charge in [0.1, 0.15) is 0 Å². The zero-order valence-corrected chi connectivity index (χ0v) is 12.5. The monoisotopic (exact) mass is 257 g/mol. The summed E-state index contributed by atoms with van der Waals surface area (Å²) in [5, 5.41) is 3.79. The highest BCUT2D eigenvalue weighted by Crippen LogP contribution is 2.28. The summed E-state index contributed by atoms with van der Waals surface area (Å²) in [5.41, 5.74) is 1.67. The lowest BCUT2D eigenvalue weighted by atomic mass is 9.79. The molecule has 1 N–H and O–H groups in total. The summed E-state index contributed by atoms with van der Waals surface area (Å²) in [7, 11) is 0. The second-order valence-corrected chi connectivity index (χ2v) is 6.50. The van der Waals surface area contributed by atoms with E-state index in [1.807, 2.05) is 0 Å². The fourth-order valence-electron chi connectivity index (χ4n) is 3.18. The first-order valence-corrected chi connectivity index (χ1v) is 7.54. The summed E-state index contributed by atoms with van der Waals surface area (Å²) in [6.45, 7) is 7.02. The van der Waals surface area contributed by atoms with Gasteiger partial charge in [-0.15, -0.1) is 0 Å². The number of benzene rings is 1. The minimum Gasteiger partial charge on any atom is -0.311 e. The van der Waals surface area contributed by atoms with E-state index in [9.17, 15) is 0 Å². The van der Waals surface area contributed by atoms with Gasteiger partial charge in [-0.2, -0.15) is 0 Å². The smallest absolute Gasteiger partial charge is 0.0107 e. The molecule has 0 saturated heterocycles. The van der Waals surface area contributed by atoms with Crippen molar-refractivity contribution >= 4 is 0 Å². The quantitative estimate of drug-likeness (QED) is 0.769. The Kier molecular flexibility index (Phi) is 4.81. The fraction of sp³-hybridized carbons (Fsp3) is 0.556. The topological polar surface area (TPSA) is 12.0 Å². The molecule has 0 amide bonds. The van der Waals surface area contributed by atoms with E-state index >= 15 is 0 Å². The Morgan fingerprint density at radius 3 is 2.58 bits per heavy atom. The van der Waals surface area contributed by atoms with Gasteiger partial charge in [0.25, 0.3) is 0 Å². The Balaban J connectivity index is 1.90. The molecule has 1 aliphatic carbocycles. The molecule has 1 nitrogen and oxygen atoms in total. The summed E-state index contributed by atoms with van der Waals surface area (Å²) in [5.74, 6) is 0. The van der Waals surface area contributed by atoms with E-state index in [2.05, 4.69) is 68.6 Å². The van der Waals surface area contributed by atoms with Gasteiger partial charge >= 0.3 is 0 Å². The van der Waals surface area contributed by atoms with Crippen molar-refractivity contribution in [2.45, 2.75) is 64.0 Å². The van der Waals surface area contributed by atoms with Crippen LogP contribution in [-0.4, -0.2) is 12.1 Å². The van der Waals surface area contributed by atoms with E-state index in [0.717, 1.165) is 0 Å². The van der Waals surface area contributed by atoms with Crippen LogP contribution in [0.15, 0.2) is 42.5 Å². The van der Waals surface area contributed by atoms with Crippen LogP contribution in [0, 0.1) is 0 Å². The number of nitrogens with one attached hydrogen (secondary N) is 1. The number of allylic oxidation sites excluding steroid dienone is 1. The van der Waals surface area contributed by atoms with Crippen LogP contribution in [0.25, 0.3) is 0 Å². The van der Waals surface area contributed by atoms with Gasteiger partial charge in [-0.05, 0) is 43.6 Å². The minimum atomic E-state index is 0.234. The molecule has 104 valence electrons. The number of hydrogen-bond acceptors (Lipinski definition) is 1. The molecule has 2 rings (SSSR count).